The molecule has 4 heterocycles. The van der Waals surface area contributed by atoms with Crippen molar-refractivity contribution in [2.24, 2.45) is 5.41 Å². The highest BCUT2D eigenvalue weighted by atomic mass is 16.2. The molecule has 2 aliphatic rings. The van der Waals surface area contributed by atoms with Gasteiger partial charge in [0.25, 0.3) is 0 Å². The highest BCUT2D eigenvalue weighted by molar-refractivity contribution is 5.77. The highest BCUT2D eigenvalue weighted by Crippen LogP contribution is 2.40. The van der Waals surface area contributed by atoms with Crippen molar-refractivity contribution in [3.8, 4) is 0 Å². The Balaban J connectivity index is 1.32. The number of amides is 1. The normalized spacial score (nSPS) is 20.0. The number of aromatic nitrogens is 3. The van der Waals surface area contributed by atoms with E-state index >= 15 is 0 Å². The number of carbonyl (C=O) groups is 1. The number of likely N-dealkylation sites (tertiary alicyclic amines) is 2. The summed E-state index contributed by atoms with van der Waals surface area (Å²) in [5, 5.41) is 0. The predicted molar refractivity (Wildman–Crippen MR) is 109 cm³/mol. The standard InChI is InChI=1S/C22H31N5O/c1-2-26-18-23-15-20(26)16-25-13-9-22(10-14-25)8-6-21(28)27(17-22)12-7-19-5-3-4-11-24-19/h3-5,11,15,18H,2,6-10,12-14,16-17H2,1H3. The number of pyridine rings is 1. The van der Waals surface area contributed by atoms with Crippen molar-refractivity contribution in [2.75, 3.05) is 26.2 Å². The molecule has 0 N–H and O–H groups in total. The Kier molecular flexibility index (Phi) is 5.76. The Bertz CT molecular complexity index is 779. The van der Waals surface area contributed by atoms with E-state index in [-0.39, 0.29) is 0 Å². The number of piperidine rings is 2. The van der Waals surface area contributed by atoms with Gasteiger partial charge in [0, 0.05) is 57.1 Å². The predicted octanol–water partition coefficient (Wildman–Crippen LogP) is 2.75. The van der Waals surface area contributed by atoms with Gasteiger partial charge in [0.05, 0.1) is 12.0 Å². The summed E-state index contributed by atoms with van der Waals surface area (Å²) in [6, 6.07) is 6.00. The third-order valence-corrected chi connectivity index (χ3v) is 6.55. The average molecular weight is 382 g/mol. The van der Waals surface area contributed by atoms with Crippen LogP contribution < -0.4 is 0 Å². The molecule has 2 aliphatic heterocycles. The molecule has 6 heteroatoms. The lowest BCUT2D eigenvalue weighted by Crippen LogP contribution is -2.51. The lowest BCUT2D eigenvalue weighted by Gasteiger charge is -2.47. The maximum Gasteiger partial charge on any atom is 0.222 e. The van der Waals surface area contributed by atoms with Crippen molar-refractivity contribution in [3.63, 3.8) is 0 Å². The third kappa shape index (κ3) is 4.27. The van der Waals surface area contributed by atoms with Crippen LogP contribution in [0, 0.1) is 5.41 Å². The van der Waals surface area contributed by atoms with Crippen molar-refractivity contribution < 1.29 is 4.79 Å². The molecule has 0 saturated carbocycles. The van der Waals surface area contributed by atoms with E-state index in [1.54, 1.807) is 0 Å². The van der Waals surface area contributed by atoms with E-state index < -0.39 is 0 Å². The Morgan fingerprint density at radius 1 is 1.18 bits per heavy atom. The van der Waals surface area contributed by atoms with Crippen LogP contribution in [-0.2, 0) is 24.3 Å². The monoisotopic (exact) mass is 381 g/mol. The third-order valence-electron chi connectivity index (χ3n) is 6.55. The van der Waals surface area contributed by atoms with Crippen molar-refractivity contribution in [1.29, 1.82) is 0 Å². The molecule has 150 valence electrons. The lowest BCUT2D eigenvalue weighted by molar-refractivity contribution is -0.139. The van der Waals surface area contributed by atoms with E-state index in [9.17, 15) is 4.79 Å². The molecule has 2 aromatic heterocycles. The number of hydrogen-bond acceptors (Lipinski definition) is 4. The molecular formula is C22H31N5O. The number of imidazole rings is 1. The van der Waals surface area contributed by atoms with Gasteiger partial charge in [0.15, 0.2) is 0 Å². The Morgan fingerprint density at radius 3 is 2.79 bits per heavy atom. The molecule has 6 nitrogen and oxygen atoms in total. The Morgan fingerprint density at radius 2 is 2.04 bits per heavy atom. The number of hydrogen-bond donors (Lipinski definition) is 0. The number of rotatable bonds is 6. The molecule has 2 fully saturated rings. The molecule has 2 saturated heterocycles. The molecule has 0 radical (unpaired) electrons. The SMILES string of the molecule is CCn1cncc1CN1CCC2(CCC(=O)N(CCc3ccccn3)C2)CC1. The van der Waals surface area contributed by atoms with Gasteiger partial charge in [0.1, 0.15) is 0 Å². The van der Waals surface area contributed by atoms with Gasteiger partial charge in [-0.25, -0.2) is 4.98 Å². The van der Waals surface area contributed by atoms with Crippen LogP contribution in [0.4, 0.5) is 0 Å². The number of aryl methyl sites for hydroxylation is 1. The maximum atomic E-state index is 12.5. The summed E-state index contributed by atoms with van der Waals surface area (Å²) in [7, 11) is 0. The molecular weight excluding hydrogens is 350 g/mol. The second kappa shape index (κ2) is 8.43. The lowest BCUT2D eigenvalue weighted by atomic mass is 9.72. The minimum absolute atomic E-state index is 0.305. The summed E-state index contributed by atoms with van der Waals surface area (Å²) in [6.45, 7) is 8.03. The minimum Gasteiger partial charge on any atom is -0.342 e. The van der Waals surface area contributed by atoms with Gasteiger partial charge in [-0.15, -0.1) is 0 Å². The van der Waals surface area contributed by atoms with Crippen molar-refractivity contribution in [1.82, 2.24) is 24.3 Å². The first-order valence-electron chi connectivity index (χ1n) is 10.6. The van der Waals surface area contributed by atoms with E-state index in [0.717, 1.165) is 57.8 Å². The molecule has 1 amide bonds. The molecule has 0 atom stereocenters. The number of carbonyl (C=O) groups excluding carboxylic acids is 1. The zero-order chi connectivity index (χ0) is 19.4. The first-order chi connectivity index (χ1) is 13.7. The first kappa shape index (κ1) is 19.1. The molecule has 1 spiro atoms. The Hall–Kier alpha value is -2.21. The van der Waals surface area contributed by atoms with E-state index in [1.807, 2.05) is 36.9 Å². The summed E-state index contributed by atoms with van der Waals surface area (Å²) >= 11 is 0. The zero-order valence-corrected chi connectivity index (χ0v) is 16.9. The van der Waals surface area contributed by atoms with E-state index in [2.05, 4.69) is 31.3 Å². The zero-order valence-electron chi connectivity index (χ0n) is 16.9. The van der Waals surface area contributed by atoms with Crippen molar-refractivity contribution in [2.45, 2.75) is 52.1 Å². The largest absolute Gasteiger partial charge is 0.342 e. The van der Waals surface area contributed by atoms with Crippen molar-refractivity contribution >= 4 is 5.91 Å². The van der Waals surface area contributed by atoms with Gasteiger partial charge in [-0.05, 0) is 56.8 Å². The molecule has 0 bridgehead atoms. The van der Waals surface area contributed by atoms with Gasteiger partial charge < -0.3 is 9.47 Å². The molecule has 0 aliphatic carbocycles. The molecule has 2 aromatic rings. The van der Waals surface area contributed by atoms with Crippen LogP contribution in [0.5, 0.6) is 0 Å². The molecule has 4 rings (SSSR count). The first-order valence-corrected chi connectivity index (χ1v) is 10.6. The van der Waals surface area contributed by atoms with Crippen molar-refractivity contribution in [3.05, 3.63) is 48.3 Å². The molecule has 28 heavy (non-hydrogen) atoms. The van der Waals surface area contributed by atoms with E-state index in [4.69, 9.17) is 0 Å². The van der Waals surface area contributed by atoms with E-state index in [1.165, 1.54) is 18.5 Å². The summed E-state index contributed by atoms with van der Waals surface area (Å²) in [5.74, 6) is 0.316. The van der Waals surface area contributed by atoms with Crippen LogP contribution in [0.3, 0.4) is 0 Å². The fourth-order valence-electron chi connectivity index (χ4n) is 4.69. The van der Waals surface area contributed by atoms with Crippen LogP contribution in [0.15, 0.2) is 36.9 Å². The fourth-order valence-corrected chi connectivity index (χ4v) is 4.69. The fraction of sp³-hybridized carbons (Fsp3) is 0.591. The quantitative estimate of drug-likeness (QED) is 0.772. The van der Waals surface area contributed by atoms with Crippen LogP contribution in [-0.4, -0.2) is 56.4 Å². The smallest absolute Gasteiger partial charge is 0.222 e. The van der Waals surface area contributed by atoms with E-state index in [0.29, 0.717) is 17.7 Å². The van der Waals surface area contributed by atoms with Crippen LogP contribution >= 0.6 is 0 Å². The highest BCUT2D eigenvalue weighted by Gasteiger charge is 2.40. The summed E-state index contributed by atoms with van der Waals surface area (Å²) in [4.78, 5) is 25.8. The second-order valence-corrected chi connectivity index (χ2v) is 8.33. The summed E-state index contributed by atoms with van der Waals surface area (Å²) in [6.07, 6.45) is 10.7. The van der Waals surface area contributed by atoms with Crippen LogP contribution in [0.2, 0.25) is 0 Å². The van der Waals surface area contributed by atoms with Gasteiger partial charge in [-0.2, -0.15) is 0 Å². The summed E-state index contributed by atoms with van der Waals surface area (Å²) < 4.78 is 2.23. The maximum absolute atomic E-state index is 12.5. The second-order valence-electron chi connectivity index (χ2n) is 8.33. The topological polar surface area (TPSA) is 54.3 Å². The molecule has 0 unspecified atom stereocenters. The molecule has 0 aromatic carbocycles. The average Bonchev–Trinajstić information content (AvgIpc) is 3.18. The van der Waals surface area contributed by atoms with Crippen LogP contribution in [0.25, 0.3) is 0 Å². The van der Waals surface area contributed by atoms with Gasteiger partial charge in [-0.1, -0.05) is 6.07 Å². The summed E-state index contributed by atoms with van der Waals surface area (Å²) in [5.41, 5.74) is 2.67. The van der Waals surface area contributed by atoms with Crippen LogP contribution in [0.1, 0.15) is 44.0 Å². The number of nitrogens with zero attached hydrogens (tertiary/aromatic N) is 5. The van der Waals surface area contributed by atoms with Gasteiger partial charge in [-0.3, -0.25) is 14.7 Å². The van der Waals surface area contributed by atoms with Gasteiger partial charge in [0.2, 0.25) is 5.91 Å². The Labute approximate surface area is 167 Å². The van der Waals surface area contributed by atoms with Gasteiger partial charge >= 0.3 is 0 Å². The minimum atomic E-state index is 0.305.